The van der Waals surface area contributed by atoms with E-state index in [9.17, 15) is 0 Å². The molecule has 0 amide bonds. The van der Waals surface area contributed by atoms with Crippen molar-refractivity contribution in [2.75, 3.05) is 0 Å². The van der Waals surface area contributed by atoms with E-state index in [1.54, 1.807) is 0 Å². The Labute approximate surface area is 573 Å². The van der Waals surface area contributed by atoms with E-state index in [1.165, 1.54) is 244 Å². The maximum Gasteiger partial charge on any atom is 0.0159 e. The van der Waals surface area contributed by atoms with Crippen LogP contribution in [0.25, 0.3) is 154 Å². The molecule has 17 rings (SSSR count). The van der Waals surface area contributed by atoms with Gasteiger partial charge in [-0.3, -0.25) is 0 Å². The summed E-state index contributed by atoms with van der Waals surface area (Å²) < 4.78 is 0. The summed E-state index contributed by atoms with van der Waals surface area (Å²) in [6.45, 7) is 16.7. The Morgan fingerprint density at radius 3 is 0.876 bits per heavy atom. The van der Waals surface area contributed by atoms with Crippen molar-refractivity contribution in [2.45, 2.75) is 124 Å². The van der Waals surface area contributed by atoms with Crippen molar-refractivity contribution in [3.05, 3.63) is 300 Å². The van der Waals surface area contributed by atoms with Gasteiger partial charge < -0.3 is 0 Å². The molecule has 0 spiro atoms. The Morgan fingerprint density at radius 2 is 0.515 bits per heavy atom. The number of rotatable bonds is 16. The van der Waals surface area contributed by atoms with Crippen LogP contribution >= 0.6 is 0 Å². The summed E-state index contributed by atoms with van der Waals surface area (Å²) in [5, 5.41) is 15.5. The van der Waals surface area contributed by atoms with Gasteiger partial charge in [0, 0.05) is 10.8 Å². The summed E-state index contributed by atoms with van der Waals surface area (Å²) in [5.74, 6) is 0. The van der Waals surface area contributed by atoms with Gasteiger partial charge in [-0.15, -0.1) is 0 Å². The van der Waals surface area contributed by atoms with Crippen molar-refractivity contribution >= 4 is 64.6 Å². The van der Waals surface area contributed by atoms with Crippen LogP contribution in [0.1, 0.15) is 132 Å². The summed E-state index contributed by atoms with van der Waals surface area (Å²) in [6, 6.07) is 101. The van der Waals surface area contributed by atoms with Gasteiger partial charge in [0.15, 0.2) is 0 Å². The zero-order valence-electron chi connectivity index (χ0n) is 57.4. The van der Waals surface area contributed by atoms with E-state index in [1.807, 2.05) is 0 Å². The zero-order chi connectivity index (χ0) is 65.7. The van der Waals surface area contributed by atoms with Crippen LogP contribution in [0.2, 0.25) is 0 Å². The van der Waals surface area contributed by atoms with Gasteiger partial charge in [-0.05, 0) is 249 Å². The molecular formula is C97H84. The number of aryl methyl sites for hydroxylation is 3. The SMILES string of the molecule is CCCCCCc1ccc(-c2c3ccccc3c(-c3ccc4c(c3)C(C)(C)c3cc(-c5ccc6c(c5)C(C)(C)c5cc(-c7c8ccccc8c(-c8c9ccccc9c(-c9ccc(CCCCCC)cc9)c9c(C)cccc89)c8ccccc78)ccc5-6)ccc3-4)c3ccccc23)cc1. The molecule has 0 N–H and O–H groups in total. The Balaban J connectivity index is 0.715. The first kappa shape index (κ1) is 60.5. The predicted octanol–water partition coefficient (Wildman–Crippen LogP) is 27.8. The van der Waals surface area contributed by atoms with E-state index >= 15 is 0 Å². The molecule has 0 heterocycles. The maximum absolute atomic E-state index is 2.54. The first-order valence-electron chi connectivity index (χ1n) is 36.1. The normalized spacial score (nSPS) is 13.5. The lowest BCUT2D eigenvalue weighted by Crippen LogP contribution is -2.15. The summed E-state index contributed by atoms with van der Waals surface area (Å²) >= 11 is 0. The molecule has 0 aromatic heterocycles. The topological polar surface area (TPSA) is 0 Å². The van der Waals surface area contributed by atoms with Crippen molar-refractivity contribution in [3.63, 3.8) is 0 Å². The lowest BCUT2D eigenvalue weighted by atomic mass is 9.78. The van der Waals surface area contributed by atoms with Crippen LogP contribution in [0.15, 0.2) is 261 Å². The third-order valence-corrected chi connectivity index (χ3v) is 22.8. The molecule has 97 heavy (non-hydrogen) atoms. The fourth-order valence-electron chi connectivity index (χ4n) is 17.8. The van der Waals surface area contributed by atoms with Gasteiger partial charge in [0.05, 0.1) is 0 Å². The fourth-order valence-corrected chi connectivity index (χ4v) is 17.8. The molecule has 15 aromatic carbocycles. The van der Waals surface area contributed by atoms with Crippen LogP contribution in [-0.4, -0.2) is 0 Å². The second-order valence-corrected chi connectivity index (χ2v) is 29.3. The lowest BCUT2D eigenvalue weighted by Gasteiger charge is -2.25. The van der Waals surface area contributed by atoms with E-state index in [0.717, 1.165) is 12.8 Å². The minimum atomic E-state index is -0.248. The van der Waals surface area contributed by atoms with Gasteiger partial charge in [-0.2, -0.15) is 0 Å². The van der Waals surface area contributed by atoms with Crippen LogP contribution < -0.4 is 0 Å². The zero-order valence-corrected chi connectivity index (χ0v) is 57.4. The summed E-state index contributed by atoms with van der Waals surface area (Å²) in [5.41, 5.74) is 30.0. The molecule has 2 aliphatic rings. The fraction of sp³-hybridized carbons (Fsp3) is 0.196. The maximum atomic E-state index is 2.54. The predicted molar refractivity (Wildman–Crippen MR) is 420 cm³/mol. The van der Waals surface area contributed by atoms with Crippen LogP contribution in [0.3, 0.4) is 0 Å². The largest absolute Gasteiger partial charge is 0.0654 e. The first-order valence-corrected chi connectivity index (χ1v) is 36.1. The van der Waals surface area contributed by atoms with Crippen molar-refractivity contribution in [1.29, 1.82) is 0 Å². The highest BCUT2D eigenvalue weighted by Crippen LogP contribution is 2.56. The molecule has 15 aromatic rings. The molecule has 0 unspecified atom stereocenters. The van der Waals surface area contributed by atoms with E-state index in [4.69, 9.17) is 0 Å². The number of hydrogen-bond acceptors (Lipinski definition) is 0. The Kier molecular flexibility index (Phi) is 15.1. The minimum absolute atomic E-state index is 0.221. The monoisotopic (exact) mass is 1250 g/mol. The molecule has 0 nitrogen and oxygen atoms in total. The van der Waals surface area contributed by atoms with Gasteiger partial charge in [0.1, 0.15) is 0 Å². The molecule has 0 heteroatoms. The van der Waals surface area contributed by atoms with E-state index in [2.05, 4.69) is 309 Å². The third-order valence-electron chi connectivity index (χ3n) is 22.8. The van der Waals surface area contributed by atoms with Crippen LogP contribution in [0.5, 0.6) is 0 Å². The smallest absolute Gasteiger partial charge is 0.0159 e. The van der Waals surface area contributed by atoms with E-state index in [0.29, 0.717) is 0 Å². The molecule has 2 aliphatic carbocycles. The second-order valence-electron chi connectivity index (χ2n) is 29.3. The van der Waals surface area contributed by atoms with Gasteiger partial charge in [-0.1, -0.05) is 317 Å². The number of fused-ring (bicyclic) bond motifs is 12. The summed E-state index contributed by atoms with van der Waals surface area (Å²) in [4.78, 5) is 0. The molecule has 0 radical (unpaired) electrons. The van der Waals surface area contributed by atoms with Crippen molar-refractivity contribution in [3.8, 4) is 89.0 Å². The quantitative estimate of drug-likeness (QED) is 0.0668. The molecular weight excluding hydrogens is 1170 g/mol. The summed E-state index contributed by atoms with van der Waals surface area (Å²) in [6.07, 6.45) is 12.5. The van der Waals surface area contributed by atoms with Crippen molar-refractivity contribution in [2.24, 2.45) is 0 Å². The second kappa shape index (κ2) is 24.2. The number of benzene rings is 15. The lowest BCUT2D eigenvalue weighted by molar-refractivity contribution is 0.660. The molecule has 0 fully saturated rings. The minimum Gasteiger partial charge on any atom is -0.0654 e. The molecule has 472 valence electrons. The highest BCUT2D eigenvalue weighted by Gasteiger charge is 2.39. The number of unbranched alkanes of at least 4 members (excludes halogenated alkanes) is 6. The van der Waals surface area contributed by atoms with E-state index in [-0.39, 0.29) is 10.8 Å². The van der Waals surface area contributed by atoms with Gasteiger partial charge in [0.2, 0.25) is 0 Å². The Bertz CT molecular complexity index is 5530. The molecule has 0 bridgehead atoms. The van der Waals surface area contributed by atoms with Crippen molar-refractivity contribution in [1.82, 2.24) is 0 Å². The van der Waals surface area contributed by atoms with E-state index < -0.39 is 0 Å². The van der Waals surface area contributed by atoms with Crippen LogP contribution in [-0.2, 0) is 23.7 Å². The third kappa shape index (κ3) is 9.91. The Morgan fingerprint density at radius 1 is 0.237 bits per heavy atom. The highest BCUT2D eigenvalue weighted by atomic mass is 14.4. The molecule has 0 atom stereocenters. The number of hydrogen-bond donors (Lipinski definition) is 0. The average molecular weight is 1250 g/mol. The standard InChI is InChI=1S/C97H84/c1-8-10-12-14-28-62-41-45-64(46-42-62)90-74-30-16-18-32-76(74)91(77-33-19-17-31-75(77)90)68-51-55-72-70-53-49-66(57-85(70)96(4,5)87(72)59-68)67-50-54-71-73-56-52-69(60-88(73)97(6,7)86(71)58-67)92-78-34-20-23-37-81(78)94(82-38-24-21-35-79(82)92)95-83-39-25-22-36-80(83)93(89-61(3)27-26-40-84(89)95)65-47-43-63(44-48-65)29-15-13-11-9-2/h16-27,30-60H,8-15,28-29H2,1-7H3. The highest BCUT2D eigenvalue weighted by molar-refractivity contribution is 6.30. The molecule has 0 saturated heterocycles. The summed E-state index contributed by atoms with van der Waals surface area (Å²) in [7, 11) is 0. The van der Waals surface area contributed by atoms with Crippen LogP contribution in [0, 0.1) is 6.92 Å². The first-order chi connectivity index (χ1) is 47.5. The van der Waals surface area contributed by atoms with Crippen LogP contribution in [0.4, 0.5) is 0 Å². The van der Waals surface area contributed by atoms with Gasteiger partial charge in [0.25, 0.3) is 0 Å². The van der Waals surface area contributed by atoms with Gasteiger partial charge in [-0.25, -0.2) is 0 Å². The van der Waals surface area contributed by atoms with Gasteiger partial charge >= 0.3 is 0 Å². The molecule has 0 aliphatic heterocycles. The van der Waals surface area contributed by atoms with Crippen molar-refractivity contribution < 1.29 is 0 Å². The Hall–Kier alpha value is -10.1. The average Bonchev–Trinajstić information content (AvgIpc) is 1.71. The molecule has 0 saturated carbocycles.